The van der Waals surface area contributed by atoms with E-state index in [2.05, 4.69) is 40.3 Å². The molecule has 2 rings (SSSR count). The number of hydrogen-bond acceptors (Lipinski definition) is 4. The average Bonchev–Trinajstić information content (AvgIpc) is 2.63. The summed E-state index contributed by atoms with van der Waals surface area (Å²) in [5, 5.41) is 14.1. The van der Waals surface area contributed by atoms with Gasteiger partial charge in [-0.1, -0.05) is 37.6 Å². The SMILES string of the molecule is CCC(C)c1ccc(OCC(=O)N/N=C\c2cc(Cl)cc(Br)c2O)cc1. The van der Waals surface area contributed by atoms with Crippen LogP contribution in [-0.2, 0) is 4.79 Å². The third-order valence-corrected chi connectivity index (χ3v) is 4.70. The number of halogens is 2. The Labute approximate surface area is 166 Å². The molecule has 0 spiro atoms. The van der Waals surface area contributed by atoms with Crippen molar-refractivity contribution >= 4 is 39.7 Å². The van der Waals surface area contributed by atoms with E-state index in [0.717, 1.165) is 6.42 Å². The zero-order valence-electron chi connectivity index (χ0n) is 14.5. The zero-order chi connectivity index (χ0) is 19.1. The number of carbonyl (C=O) groups excluding carboxylic acids is 1. The highest BCUT2D eigenvalue weighted by atomic mass is 79.9. The number of hydrazone groups is 1. The summed E-state index contributed by atoms with van der Waals surface area (Å²) >= 11 is 9.09. The number of phenols is 1. The smallest absolute Gasteiger partial charge is 0.277 e. The van der Waals surface area contributed by atoms with E-state index in [1.54, 1.807) is 6.07 Å². The molecule has 0 heterocycles. The van der Waals surface area contributed by atoms with Crippen LogP contribution in [-0.4, -0.2) is 23.8 Å². The largest absolute Gasteiger partial charge is 0.506 e. The second-order valence-electron chi connectivity index (χ2n) is 5.79. The van der Waals surface area contributed by atoms with Gasteiger partial charge in [0.05, 0.1) is 10.7 Å². The molecule has 0 saturated heterocycles. The number of aromatic hydroxyl groups is 1. The lowest BCUT2D eigenvalue weighted by Crippen LogP contribution is -2.24. The molecule has 1 amide bonds. The average molecular weight is 440 g/mol. The maximum atomic E-state index is 11.8. The first-order chi connectivity index (χ1) is 12.4. The summed E-state index contributed by atoms with van der Waals surface area (Å²) in [6.45, 7) is 4.14. The minimum absolute atomic E-state index is 0.00922. The first-order valence-corrected chi connectivity index (χ1v) is 9.30. The lowest BCUT2D eigenvalue weighted by Gasteiger charge is -2.10. The van der Waals surface area contributed by atoms with Crippen LogP contribution in [0.3, 0.4) is 0 Å². The molecule has 0 fully saturated rings. The molecule has 0 aliphatic rings. The Morgan fingerprint density at radius 2 is 2.08 bits per heavy atom. The molecule has 2 aromatic carbocycles. The van der Waals surface area contributed by atoms with E-state index in [9.17, 15) is 9.90 Å². The van der Waals surface area contributed by atoms with Crippen LogP contribution in [0.25, 0.3) is 0 Å². The van der Waals surface area contributed by atoms with E-state index in [0.29, 0.717) is 26.7 Å². The van der Waals surface area contributed by atoms with Crippen molar-refractivity contribution < 1.29 is 14.6 Å². The van der Waals surface area contributed by atoms with Crippen molar-refractivity contribution in [3.63, 3.8) is 0 Å². The van der Waals surface area contributed by atoms with Crippen molar-refractivity contribution in [2.75, 3.05) is 6.61 Å². The quantitative estimate of drug-likeness (QED) is 0.478. The van der Waals surface area contributed by atoms with E-state index < -0.39 is 5.91 Å². The Hall–Kier alpha value is -2.05. The molecule has 0 aliphatic carbocycles. The van der Waals surface area contributed by atoms with Crippen LogP contribution in [0.15, 0.2) is 46.0 Å². The Bertz CT molecular complexity index is 794. The van der Waals surface area contributed by atoms with Gasteiger partial charge in [0.15, 0.2) is 6.61 Å². The minimum atomic E-state index is -0.409. The molecule has 0 saturated carbocycles. The van der Waals surface area contributed by atoms with Gasteiger partial charge in [0.25, 0.3) is 5.91 Å². The van der Waals surface area contributed by atoms with Gasteiger partial charge in [-0.05, 0) is 58.1 Å². The summed E-state index contributed by atoms with van der Waals surface area (Å²) in [5.41, 5.74) is 3.96. The highest BCUT2D eigenvalue weighted by molar-refractivity contribution is 9.10. The molecule has 1 atom stereocenters. The fourth-order valence-electron chi connectivity index (χ4n) is 2.17. The number of rotatable bonds is 7. The van der Waals surface area contributed by atoms with Crippen LogP contribution in [0.5, 0.6) is 11.5 Å². The molecule has 0 radical (unpaired) electrons. The summed E-state index contributed by atoms with van der Waals surface area (Å²) in [5.74, 6) is 0.690. The lowest BCUT2D eigenvalue weighted by molar-refractivity contribution is -0.123. The van der Waals surface area contributed by atoms with Gasteiger partial charge in [-0.25, -0.2) is 5.43 Å². The summed E-state index contributed by atoms with van der Waals surface area (Å²) in [6.07, 6.45) is 2.38. The second kappa shape index (κ2) is 9.59. The molecule has 0 aromatic heterocycles. The van der Waals surface area contributed by atoms with Gasteiger partial charge in [-0.15, -0.1) is 0 Å². The van der Waals surface area contributed by atoms with Gasteiger partial charge in [-0.3, -0.25) is 4.79 Å². The maximum Gasteiger partial charge on any atom is 0.277 e. The predicted octanol–water partition coefficient (Wildman–Crippen LogP) is 4.85. The Morgan fingerprint density at radius 1 is 1.38 bits per heavy atom. The number of benzene rings is 2. The summed E-state index contributed by atoms with van der Waals surface area (Å²) in [6, 6.07) is 10.8. The van der Waals surface area contributed by atoms with Gasteiger partial charge in [-0.2, -0.15) is 5.10 Å². The first kappa shape index (κ1) is 20.3. The Balaban J connectivity index is 1.86. The highest BCUT2D eigenvalue weighted by Gasteiger charge is 2.07. The van der Waals surface area contributed by atoms with Crippen LogP contribution in [0.1, 0.15) is 37.3 Å². The second-order valence-corrected chi connectivity index (χ2v) is 7.08. The van der Waals surface area contributed by atoms with Gasteiger partial charge in [0.2, 0.25) is 0 Å². The molecule has 0 aliphatic heterocycles. The van der Waals surface area contributed by atoms with Gasteiger partial charge >= 0.3 is 0 Å². The fourth-order valence-corrected chi connectivity index (χ4v) is 3.00. The van der Waals surface area contributed by atoms with Crippen molar-refractivity contribution in [1.29, 1.82) is 0 Å². The van der Waals surface area contributed by atoms with Crippen LogP contribution in [0.2, 0.25) is 5.02 Å². The van der Waals surface area contributed by atoms with E-state index in [4.69, 9.17) is 16.3 Å². The molecule has 138 valence electrons. The van der Waals surface area contributed by atoms with E-state index in [1.165, 1.54) is 17.8 Å². The summed E-state index contributed by atoms with van der Waals surface area (Å²) < 4.78 is 5.88. The number of ether oxygens (including phenoxy) is 1. The number of amides is 1. The van der Waals surface area contributed by atoms with Crippen LogP contribution >= 0.6 is 27.5 Å². The zero-order valence-corrected chi connectivity index (χ0v) is 16.8. The molecule has 26 heavy (non-hydrogen) atoms. The predicted molar refractivity (Wildman–Crippen MR) is 107 cm³/mol. The fraction of sp³-hybridized carbons (Fsp3) is 0.263. The van der Waals surface area contributed by atoms with Crippen LogP contribution in [0, 0.1) is 0 Å². The van der Waals surface area contributed by atoms with Gasteiger partial charge in [0, 0.05) is 10.6 Å². The Kier molecular flexibility index (Phi) is 7.48. The Morgan fingerprint density at radius 3 is 2.73 bits per heavy atom. The van der Waals surface area contributed by atoms with Crippen molar-refractivity contribution in [1.82, 2.24) is 5.43 Å². The van der Waals surface area contributed by atoms with E-state index in [1.807, 2.05) is 24.3 Å². The summed E-state index contributed by atoms with van der Waals surface area (Å²) in [4.78, 5) is 11.8. The molecule has 2 N–H and O–H groups in total. The third-order valence-electron chi connectivity index (χ3n) is 3.88. The van der Waals surface area contributed by atoms with Crippen molar-refractivity contribution in [3.8, 4) is 11.5 Å². The number of carbonyl (C=O) groups is 1. The number of hydrogen-bond donors (Lipinski definition) is 2. The molecule has 2 aromatic rings. The molecule has 0 bridgehead atoms. The normalized spacial score (nSPS) is 12.2. The first-order valence-electron chi connectivity index (χ1n) is 8.13. The molecule has 5 nitrogen and oxygen atoms in total. The van der Waals surface area contributed by atoms with Crippen molar-refractivity contribution in [2.45, 2.75) is 26.2 Å². The molecule has 1 unspecified atom stereocenters. The number of nitrogens with zero attached hydrogens (tertiary/aromatic N) is 1. The molecular formula is C19H20BrClN2O3. The summed E-state index contributed by atoms with van der Waals surface area (Å²) in [7, 11) is 0. The topological polar surface area (TPSA) is 70.9 Å². The standard InChI is InChI=1S/C19H20BrClN2O3/c1-3-12(2)13-4-6-16(7-5-13)26-11-18(24)23-22-10-14-8-15(21)9-17(20)19(14)25/h4-10,12,25H,3,11H2,1-2H3,(H,23,24)/b22-10-. The number of phenolic OH excluding ortho intramolecular Hbond substituents is 1. The molecule has 7 heteroatoms. The van der Waals surface area contributed by atoms with Crippen LogP contribution in [0.4, 0.5) is 0 Å². The van der Waals surface area contributed by atoms with Crippen molar-refractivity contribution in [3.05, 3.63) is 57.0 Å². The monoisotopic (exact) mass is 438 g/mol. The van der Waals surface area contributed by atoms with E-state index in [-0.39, 0.29) is 12.4 Å². The number of nitrogens with one attached hydrogen (secondary N) is 1. The maximum absolute atomic E-state index is 11.8. The van der Waals surface area contributed by atoms with E-state index >= 15 is 0 Å². The van der Waals surface area contributed by atoms with Gasteiger partial charge < -0.3 is 9.84 Å². The third kappa shape index (κ3) is 5.75. The van der Waals surface area contributed by atoms with Gasteiger partial charge in [0.1, 0.15) is 11.5 Å². The molecular weight excluding hydrogens is 420 g/mol. The highest BCUT2D eigenvalue weighted by Crippen LogP contribution is 2.30. The minimum Gasteiger partial charge on any atom is -0.506 e. The lowest BCUT2D eigenvalue weighted by atomic mass is 9.99. The van der Waals surface area contributed by atoms with Crippen molar-refractivity contribution in [2.24, 2.45) is 5.10 Å². The van der Waals surface area contributed by atoms with Crippen LogP contribution < -0.4 is 10.2 Å².